The molecular formula is C13H10BrN3O2. The first-order valence-electron chi connectivity index (χ1n) is 5.81. The molecule has 1 saturated heterocycles. The molecule has 0 radical (unpaired) electrons. The van der Waals surface area contributed by atoms with E-state index in [9.17, 15) is 9.59 Å². The number of carbonyl (C=O) groups excluding carboxylic acids is 2. The van der Waals surface area contributed by atoms with Gasteiger partial charge < -0.3 is 0 Å². The molecular weight excluding hydrogens is 310 g/mol. The number of pyridine rings is 1. The number of fused-ring (bicyclic) bond motifs is 1. The highest BCUT2D eigenvalue weighted by Gasteiger charge is 2.24. The van der Waals surface area contributed by atoms with Gasteiger partial charge in [-0.2, -0.15) is 0 Å². The molecule has 0 bridgehead atoms. The Morgan fingerprint density at radius 3 is 2.79 bits per heavy atom. The fourth-order valence-corrected chi connectivity index (χ4v) is 2.38. The van der Waals surface area contributed by atoms with Gasteiger partial charge in [0.1, 0.15) is 4.60 Å². The van der Waals surface area contributed by atoms with Gasteiger partial charge in [-0.15, -0.1) is 0 Å². The van der Waals surface area contributed by atoms with Crippen LogP contribution in [0.3, 0.4) is 0 Å². The highest BCUT2D eigenvalue weighted by atomic mass is 79.9. The van der Waals surface area contributed by atoms with Gasteiger partial charge in [0, 0.05) is 24.0 Å². The Morgan fingerprint density at radius 2 is 2.00 bits per heavy atom. The smallest absolute Gasteiger partial charge is 0.294 e. The molecule has 2 aromatic rings. The number of nitrogens with one attached hydrogen (secondary N) is 1. The number of anilines is 1. The molecule has 96 valence electrons. The molecule has 1 aliphatic heterocycles. The fraction of sp³-hybridized carbons (Fsp3) is 0.154. The summed E-state index contributed by atoms with van der Waals surface area (Å²) in [5.74, 6) is -0.233. The number of rotatable bonds is 1. The van der Waals surface area contributed by atoms with Crippen LogP contribution >= 0.6 is 15.9 Å². The predicted molar refractivity (Wildman–Crippen MR) is 74.9 cm³/mol. The van der Waals surface area contributed by atoms with E-state index in [0.717, 1.165) is 21.2 Å². The number of nitrogens with zero attached hydrogens (tertiary/aromatic N) is 2. The Morgan fingerprint density at radius 1 is 1.21 bits per heavy atom. The van der Waals surface area contributed by atoms with Crippen LogP contribution in [0.25, 0.3) is 10.9 Å². The van der Waals surface area contributed by atoms with Gasteiger partial charge in [-0.25, -0.2) is 9.78 Å². The molecule has 3 rings (SSSR count). The van der Waals surface area contributed by atoms with Crippen molar-refractivity contribution in [2.24, 2.45) is 0 Å². The van der Waals surface area contributed by atoms with E-state index in [1.54, 1.807) is 4.90 Å². The van der Waals surface area contributed by atoms with Crippen molar-refractivity contribution < 1.29 is 9.59 Å². The lowest BCUT2D eigenvalue weighted by molar-refractivity contribution is -0.120. The van der Waals surface area contributed by atoms with E-state index < -0.39 is 0 Å². The van der Waals surface area contributed by atoms with Crippen molar-refractivity contribution in [3.8, 4) is 0 Å². The minimum atomic E-state index is -0.384. The predicted octanol–water partition coefficient (Wildman–Crippen LogP) is 2.44. The normalized spacial score (nSPS) is 15.7. The summed E-state index contributed by atoms with van der Waals surface area (Å²) in [6.07, 6.45) is 0.315. The van der Waals surface area contributed by atoms with E-state index in [1.807, 2.05) is 30.3 Å². The van der Waals surface area contributed by atoms with Gasteiger partial charge in [0.2, 0.25) is 5.91 Å². The number of carbonyl (C=O) groups is 2. The first-order chi connectivity index (χ1) is 9.13. The van der Waals surface area contributed by atoms with Crippen molar-refractivity contribution in [3.05, 3.63) is 34.9 Å². The summed E-state index contributed by atoms with van der Waals surface area (Å²) >= 11 is 3.32. The minimum absolute atomic E-state index is 0.233. The number of aromatic nitrogens is 1. The maximum absolute atomic E-state index is 11.8. The van der Waals surface area contributed by atoms with Crippen LogP contribution in [-0.4, -0.2) is 23.5 Å². The number of urea groups is 1. The zero-order valence-corrected chi connectivity index (χ0v) is 11.5. The van der Waals surface area contributed by atoms with Gasteiger partial charge in [-0.05, 0) is 34.1 Å². The second-order valence-electron chi connectivity index (χ2n) is 4.27. The average molecular weight is 320 g/mol. The Bertz CT molecular complexity index is 687. The Hall–Kier alpha value is -1.95. The van der Waals surface area contributed by atoms with E-state index in [4.69, 9.17) is 0 Å². The largest absolute Gasteiger partial charge is 0.328 e. The topological polar surface area (TPSA) is 62.3 Å². The Kier molecular flexibility index (Phi) is 2.94. The molecule has 3 amide bonds. The van der Waals surface area contributed by atoms with Gasteiger partial charge in [-0.1, -0.05) is 12.1 Å². The van der Waals surface area contributed by atoms with Crippen LogP contribution < -0.4 is 10.2 Å². The lowest BCUT2D eigenvalue weighted by atomic mass is 10.2. The summed E-state index contributed by atoms with van der Waals surface area (Å²) in [6.45, 7) is 0.393. The highest BCUT2D eigenvalue weighted by molar-refractivity contribution is 9.10. The fourth-order valence-electron chi connectivity index (χ4n) is 2.06. The number of benzene rings is 1. The second kappa shape index (κ2) is 4.62. The molecule has 0 spiro atoms. The standard InChI is InChI=1S/C13H10BrN3O2/c14-11-4-2-8-1-3-9(7-10(8)15-11)17-6-5-12(18)16-13(17)19/h1-4,7H,5-6H2,(H,16,18,19). The number of hydrogen-bond acceptors (Lipinski definition) is 3. The van der Waals surface area contributed by atoms with Crippen LogP contribution in [0, 0.1) is 0 Å². The average Bonchev–Trinajstić information content (AvgIpc) is 2.38. The third kappa shape index (κ3) is 2.31. The Balaban J connectivity index is 2.01. The van der Waals surface area contributed by atoms with Gasteiger partial charge >= 0.3 is 6.03 Å². The zero-order chi connectivity index (χ0) is 13.4. The number of amides is 3. The first kappa shape index (κ1) is 12.1. The van der Waals surface area contributed by atoms with Crippen LogP contribution in [0.2, 0.25) is 0 Å². The van der Waals surface area contributed by atoms with Gasteiger partial charge in [-0.3, -0.25) is 15.0 Å². The second-order valence-corrected chi connectivity index (χ2v) is 5.08. The van der Waals surface area contributed by atoms with Crippen LogP contribution in [0.1, 0.15) is 6.42 Å². The lowest BCUT2D eigenvalue weighted by Gasteiger charge is -2.26. The van der Waals surface area contributed by atoms with Crippen molar-refractivity contribution in [1.29, 1.82) is 0 Å². The molecule has 0 saturated carbocycles. The SMILES string of the molecule is O=C1CCN(c2ccc3ccc(Br)nc3c2)C(=O)N1. The number of imide groups is 1. The van der Waals surface area contributed by atoms with Gasteiger partial charge in [0.25, 0.3) is 0 Å². The summed E-state index contributed by atoms with van der Waals surface area (Å²) in [6, 6.07) is 9.05. The molecule has 1 aliphatic rings. The summed E-state index contributed by atoms with van der Waals surface area (Å²) in [4.78, 5) is 28.8. The molecule has 0 atom stereocenters. The minimum Gasteiger partial charge on any atom is -0.294 e. The van der Waals surface area contributed by atoms with Crippen molar-refractivity contribution in [2.75, 3.05) is 11.4 Å². The maximum atomic E-state index is 11.8. The molecule has 5 nitrogen and oxygen atoms in total. The van der Waals surface area contributed by atoms with E-state index >= 15 is 0 Å². The number of halogens is 1. The summed E-state index contributed by atoms with van der Waals surface area (Å²) in [5, 5.41) is 3.31. The molecule has 1 fully saturated rings. The highest BCUT2D eigenvalue weighted by Crippen LogP contribution is 2.23. The molecule has 1 aromatic heterocycles. The van der Waals surface area contributed by atoms with Gasteiger partial charge in [0.05, 0.1) is 5.52 Å². The van der Waals surface area contributed by atoms with E-state index in [1.165, 1.54) is 0 Å². The molecule has 0 aliphatic carbocycles. The summed E-state index contributed by atoms with van der Waals surface area (Å²) in [5.41, 5.74) is 1.54. The first-order valence-corrected chi connectivity index (χ1v) is 6.60. The molecule has 1 aromatic carbocycles. The van der Waals surface area contributed by atoms with Crippen LogP contribution in [0.15, 0.2) is 34.9 Å². The Labute approximate surface area is 117 Å². The van der Waals surface area contributed by atoms with Crippen LogP contribution in [0.4, 0.5) is 10.5 Å². The van der Waals surface area contributed by atoms with Crippen molar-refractivity contribution >= 4 is 44.5 Å². The van der Waals surface area contributed by atoms with E-state index in [2.05, 4.69) is 26.2 Å². The van der Waals surface area contributed by atoms with Crippen molar-refractivity contribution in [1.82, 2.24) is 10.3 Å². The summed E-state index contributed by atoms with van der Waals surface area (Å²) < 4.78 is 0.746. The van der Waals surface area contributed by atoms with Crippen molar-refractivity contribution in [2.45, 2.75) is 6.42 Å². The molecule has 0 unspecified atom stereocenters. The van der Waals surface area contributed by atoms with Crippen molar-refractivity contribution in [3.63, 3.8) is 0 Å². The van der Waals surface area contributed by atoms with E-state index in [-0.39, 0.29) is 11.9 Å². The molecule has 2 heterocycles. The molecule has 1 N–H and O–H groups in total. The van der Waals surface area contributed by atoms with Gasteiger partial charge in [0.15, 0.2) is 0 Å². The van der Waals surface area contributed by atoms with Crippen LogP contribution in [0.5, 0.6) is 0 Å². The van der Waals surface area contributed by atoms with E-state index in [0.29, 0.717) is 13.0 Å². The van der Waals surface area contributed by atoms with Crippen LogP contribution in [-0.2, 0) is 4.79 Å². The third-order valence-corrected chi connectivity index (χ3v) is 3.45. The summed E-state index contributed by atoms with van der Waals surface area (Å²) in [7, 11) is 0. The molecule has 19 heavy (non-hydrogen) atoms. The maximum Gasteiger partial charge on any atom is 0.328 e. The molecule has 6 heteroatoms. The monoisotopic (exact) mass is 319 g/mol. The zero-order valence-electron chi connectivity index (χ0n) is 9.89. The number of hydrogen-bond donors (Lipinski definition) is 1. The third-order valence-electron chi connectivity index (χ3n) is 3.01. The quantitative estimate of drug-likeness (QED) is 0.821. The lowest BCUT2D eigenvalue weighted by Crippen LogP contribution is -2.49.